The van der Waals surface area contributed by atoms with Crippen LogP contribution in [0, 0.1) is 17.0 Å². The average Bonchev–Trinajstić information content (AvgIpc) is 2.29. The van der Waals surface area contributed by atoms with Gasteiger partial charge < -0.3 is 10.4 Å². The molecule has 1 atom stereocenters. The van der Waals surface area contributed by atoms with Gasteiger partial charge in [0, 0.05) is 12.3 Å². The Morgan fingerprint density at radius 1 is 1.50 bits per heavy atom. The summed E-state index contributed by atoms with van der Waals surface area (Å²) in [6.07, 6.45) is -4.08. The maximum Gasteiger partial charge on any atom is 0.422 e. The average molecular weight is 293 g/mol. The molecule has 0 saturated heterocycles. The van der Waals surface area contributed by atoms with E-state index in [0.717, 1.165) is 12.3 Å². The second-order valence-electron chi connectivity index (χ2n) is 4.19. The summed E-state index contributed by atoms with van der Waals surface area (Å²) >= 11 is 0. The van der Waals surface area contributed by atoms with Crippen molar-refractivity contribution in [3.8, 4) is 0 Å². The Kier molecular flexibility index (Phi) is 3.87. The van der Waals surface area contributed by atoms with Gasteiger partial charge in [-0.2, -0.15) is 13.2 Å². The summed E-state index contributed by atoms with van der Waals surface area (Å²) in [6.45, 7) is 1.82. The molecule has 0 aliphatic rings. The van der Waals surface area contributed by atoms with E-state index >= 15 is 0 Å². The van der Waals surface area contributed by atoms with Gasteiger partial charge in [-0.1, -0.05) is 0 Å². The number of aromatic nitrogens is 1. The summed E-state index contributed by atoms with van der Waals surface area (Å²) in [4.78, 5) is 24.1. The minimum absolute atomic E-state index is 0.353. The number of hydrogen-bond acceptors (Lipinski definition) is 5. The highest BCUT2D eigenvalue weighted by atomic mass is 19.4. The largest absolute Gasteiger partial charge is 0.479 e. The van der Waals surface area contributed by atoms with Gasteiger partial charge in [0.1, 0.15) is 0 Å². The van der Waals surface area contributed by atoms with Crippen LogP contribution in [-0.2, 0) is 4.79 Å². The van der Waals surface area contributed by atoms with Crippen LogP contribution < -0.4 is 5.32 Å². The zero-order valence-corrected chi connectivity index (χ0v) is 10.4. The fourth-order valence-electron chi connectivity index (χ4n) is 1.27. The van der Waals surface area contributed by atoms with E-state index in [1.54, 1.807) is 5.32 Å². The lowest BCUT2D eigenvalue weighted by Gasteiger charge is -2.28. The van der Waals surface area contributed by atoms with Crippen molar-refractivity contribution in [3.63, 3.8) is 0 Å². The number of nitrogens with one attached hydrogen (secondary N) is 1. The van der Waals surface area contributed by atoms with Gasteiger partial charge in [-0.05, 0) is 19.4 Å². The monoisotopic (exact) mass is 293 g/mol. The van der Waals surface area contributed by atoms with E-state index < -0.39 is 34.1 Å². The maximum absolute atomic E-state index is 12.8. The number of carbonyl (C=O) groups is 1. The molecule has 2 N–H and O–H groups in total. The Labute approximate surface area is 110 Å². The van der Waals surface area contributed by atoms with Crippen LogP contribution in [0.4, 0.5) is 24.7 Å². The van der Waals surface area contributed by atoms with Crippen molar-refractivity contribution in [1.82, 2.24) is 4.98 Å². The molecule has 0 bridgehead atoms. The third-order valence-electron chi connectivity index (χ3n) is 2.56. The zero-order chi connectivity index (χ0) is 15.7. The molecule has 1 rings (SSSR count). The number of nitro groups is 1. The summed E-state index contributed by atoms with van der Waals surface area (Å²) in [6, 6.07) is 0.994. The number of rotatable bonds is 4. The normalized spacial score (nSPS) is 14.4. The van der Waals surface area contributed by atoms with Gasteiger partial charge in [-0.3, -0.25) is 10.1 Å². The van der Waals surface area contributed by atoms with Crippen LogP contribution >= 0.6 is 0 Å². The van der Waals surface area contributed by atoms with Crippen LogP contribution in [0.3, 0.4) is 0 Å². The molecular weight excluding hydrogens is 283 g/mol. The summed E-state index contributed by atoms with van der Waals surface area (Å²) in [5.74, 6) is -2.98. The second kappa shape index (κ2) is 4.94. The minimum atomic E-state index is -5.17. The molecule has 0 saturated carbocycles. The molecule has 0 amide bonds. The first-order valence-electron chi connectivity index (χ1n) is 5.18. The molecule has 1 aromatic rings. The van der Waals surface area contributed by atoms with Crippen LogP contribution in [0.5, 0.6) is 0 Å². The predicted octanol–water partition coefficient (Wildman–Crippen LogP) is 2.12. The number of aliphatic carboxylic acids is 1. The van der Waals surface area contributed by atoms with Crippen molar-refractivity contribution in [3.05, 3.63) is 27.9 Å². The van der Waals surface area contributed by atoms with Gasteiger partial charge in [0.2, 0.25) is 11.4 Å². The number of carboxylic acid groups (broad SMARTS) is 1. The van der Waals surface area contributed by atoms with E-state index in [1.165, 1.54) is 6.92 Å². The number of alkyl halides is 3. The van der Waals surface area contributed by atoms with E-state index in [4.69, 9.17) is 5.11 Å². The number of carboxylic acids is 1. The standard InChI is InChI=1S/C10H10F3N3O4/c1-5-3-6(16(19)20)7(14-4-5)15-9(2,8(17)18)10(11,12)13/h3-4H,1-2H3,(H,14,15)(H,17,18). The van der Waals surface area contributed by atoms with E-state index in [2.05, 4.69) is 4.98 Å². The molecule has 0 aliphatic heterocycles. The third-order valence-corrected chi connectivity index (χ3v) is 2.56. The third kappa shape index (κ3) is 2.78. The molecule has 1 unspecified atom stereocenters. The van der Waals surface area contributed by atoms with Gasteiger partial charge in [-0.25, -0.2) is 9.78 Å². The maximum atomic E-state index is 12.8. The Bertz CT molecular complexity index is 561. The quantitative estimate of drug-likeness (QED) is 0.650. The molecule has 0 spiro atoms. The summed E-state index contributed by atoms with van der Waals surface area (Å²) in [5, 5.41) is 21.1. The van der Waals surface area contributed by atoms with Crippen LogP contribution in [0.2, 0.25) is 0 Å². The fourth-order valence-corrected chi connectivity index (χ4v) is 1.27. The van der Waals surface area contributed by atoms with Gasteiger partial charge in [-0.15, -0.1) is 0 Å². The highest BCUT2D eigenvalue weighted by molar-refractivity contribution is 5.84. The van der Waals surface area contributed by atoms with Crippen molar-refractivity contribution < 1.29 is 28.0 Å². The smallest absolute Gasteiger partial charge is 0.422 e. The molecule has 1 heterocycles. The van der Waals surface area contributed by atoms with Crippen molar-refractivity contribution >= 4 is 17.5 Å². The molecule has 0 aliphatic carbocycles. The lowest BCUT2D eigenvalue weighted by atomic mass is 10.0. The molecule has 0 aromatic carbocycles. The number of hydrogen-bond donors (Lipinski definition) is 2. The van der Waals surface area contributed by atoms with Gasteiger partial charge in [0.25, 0.3) is 0 Å². The van der Waals surface area contributed by atoms with Crippen molar-refractivity contribution in [2.75, 3.05) is 5.32 Å². The second-order valence-corrected chi connectivity index (χ2v) is 4.19. The van der Waals surface area contributed by atoms with Gasteiger partial charge in [0.05, 0.1) is 4.92 Å². The Balaban J connectivity index is 3.33. The Hall–Kier alpha value is -2.39. The number of anilines is 1. The van der Waals surface area contributed by atoms with Crippen molar-refractivity contribution in [1.29, 1.82) is 0 Å². The topological polar surface area (TPSA) is 105 Å². The molecule has 0 fully saturated rings. The first-order chi connectivity index (χ1) is 8.99. The minimum Gasteiger partial charge on any atom is -0.479 e. The van der Waals surface area contributed by atoms with Gasteiger partial charge in [0.15, 0.2) is 0 Å². The molecule has 110 valence electrons. The zero-order valence-electron chi connectivity index (χ0n) is 10.4. The molecule has 10 heteroatoms. The first kappa shape index (κ1) is 15.7. The number of pyridine rings is 1. The van der Waals surface area contributed by atoms with Crippen LogP contribution in [0.25, 0.3) is 0 Å². The molecule has 7 nitrogen and oxygen atoms in total. The van der Waals surface area contributed by atoms with Crippen molar-refractivity contribution in [2.45, 2.75) is 25.6 Å². The Morgan fingerprint density at radius 3 is 2.45 bits per heavy atom. The van der Waals surface area contributed by atoms with Gasteiger partial charge >= 0.3 is 17.8 Å². The number of nitrogens with zero attached hydrogens (tertiary/aromatic N) is 2. The molecule has 0 radical (unpaired) electrons. The lowest BCUT2D eigenvalue weighted by molar-refractivity contribution is -0.384. The van der Waals surface area contributed by atoms with Crippen LogP contribution in [0.1, 0.15) is 12.5 Å². The summed E-state index contributed by atoms with van der Waals surface area (Å²) < 4.78 is 38.4. The molecular formula is C10H10F3N3O4. The highest BCUT2D eigenvalue weighted by Crippen LogP contribution is 2.35. The van der Waals surface area contributed by atoms with Crippen molar-refractivity contribution in [2.24, 2.45) is 0 Å². The van der Waals surface area contributed by atoms with E-state index in [9.17, 15) is 28.1 Å². The van der Waals surface area contributed by atoms with Crippen LogP contribution in [-0.4, -0.2) is 32.7 Å². The predicted molar refractivity (Wildman–Crippen MR) is 61.3 cm³/mol. The molecule has 1 aromatic heterocycles. The van der Waals surface area contributed by atoms with E-state index in [0.29, 0.717) is 12.5 Å². The summed E-state index contributed by atoms with van der Waals surface area (Å²) in [7, 11) is 0. The summed E-state index contributed by atoms with van der Waals surface area (Å²) in [5.41, 5.74) is -3.77. The van der Waals surface area contributed by atoms with Crippen LogP contribution in [0.15, 0.2) is 12.3 Å². The first-order valence-corrected chi connectivity index (χ1v) is 5.18. The lowest BCUT2D eigenvalue weighted by Crippen LogP contribution is -2.55. The van der Waals surface area contributed by atoms with E-state index in [-0.39, 0.29) is 0 Å². The SMILES string of the molecule is Cc1cnc(NC(C)(C(=O)O)C(F)(F)F)c([N+](=O)[O-])c1. The molecule has 20 heavy (non-hydrogen) atoms. The highest BCUT2D eigenvalue weighted by Gasteiger charge is 2.58. The number of aryl methyl sites for hydroxylation is 1. The van der Waals surface area contributed by atoms with E-state index in [1.807, 2.05) is 0 Å². The number of halogens is 3. The Morgan fingerprint density at radius 2 is 2.05 bits per heavy atom. The fraction of sp³-hybridized carbons (Fsp3) is 0.400.